The zero-order chi connectivity index (χ0) is 28.8. The summed E-state index contributed by atoms with van der Waals surface area (Å²) in [6.45, 7) is 0. The molecule has 10 nitrogen and oxygen atoms in total. The van der Waals surface area contributed by atoms with Gasteiger partial charge >= 0.3 is 11.9 Å². The molecule has 206 valence electrons. The third-order valence-electron chi connectivity index (χ3n) is 6.19. The van der Waals surface area contributed by atoms with Crippen molar-refractivity contribution in [2.75, 3.05) is 39.1 Å². The number of nitrogens with one attached hydrogen (secondary N) is 2. The van der Waals surface area contributed by atoms with Gasteiger partial charge in [0.25, 0.3) is 0 Å². The third-order valence-corrected chi connectivity index (χ3v) is 6.19. The summed E-state index contributed by atoms with van der Waals surface area (Å²) in [5.74, 6) is -0.167. The number of rotatable bonds is 11. The molecule has 0 unspecified atom stereocenters. The molecular formula is C30H28N2O8. The molecule has 0 atom stereocenters. The molecule has 0 heterocycles. The molecule has 0 saturated carbocycles. The van der Waals surface area contributed by atoms with Crippen LogP contribution in [0.2, 0.25) is 0 Å². The summed E-state index contributed by atoms with van der Waals surface area (Å²) in [5.41, 5.74) is 3.62. The highest BCUT2D eigenvalue weighted by Gasteiger charge is 2.16. The fourth-order valence-electron chi connectivity index (χ4n) is 4.12. The Labute approximate surface area is 230 Å². The van der Waals surface area contributed by atoms with Crippen molar-refractivity contribution in [2.24, 2.45) is 0 Å². The molecular weight excluding hydrogens is 516 g/mol. The second kappa shape index (κ2) is 12.0. The Bertz CT molecular complexity index is 1450. The SMILES string of the molecule is COc1ccc(C(=O)O)c(Nc2ccc(-c3ccc(Nc4cc(OC)ccc4C(=O)O)c(OC)c3)cc2OC)c1. The van der Waals surface area contributed by atoms with Crippen molar-refractivity contribution >= 4 is 34.7 Å². The van der Waals surface area contributed by atoms with Crippen molar-refractivity contribution in [3.8, 4) is 34.1 Å². The number of carboxylic acids is 2. The maximum absolute atomic E-state index is 11.7. The van der Waals surface area contributed by atoms with Crippen LogP contribution >= 0.6 is 0 Å². The minimum Gasteiger partial charge on any atom is -0.497 e. The van der Waals surface area contributed by atoms with Gasteiger partial charge in [-0.15, -0.1) is 0 Å². The smallest absolute Gasteiger partial charge is 0.337 e. The van der Waals surface area contributed by atoms with Crippen molar-refractivity contribution in [3.63, 3.8) is 0 Å². The number of carbonyl (C=O) groups is 2. The van der Waals surface area contributed by atoms with E-state index in [2.05, 4.69) is 10.6 Å². The number of carboxylic acid groups (broad SMARTS) is 2. The second-order valence-electron chi connectivity index (χ2n) is 8.51. The van der Waals surface area contributed by atoms with E-state index in [0.717, 1.165) is 11.1 Å². The number of ether oxygens (including phenoxy) is 4. The topological polar surface area (TPSA) is 136 Å². The summed E-state index contributed by atoms with van der Waals surface area (Å²) in [5, 5.41) is 25.5. The molecule has 0 amide bonds. The van der Waals surface area contributed by atoms with Crippen molar-refractivity contribution in [1.29, 1.82) is 0 Å². The fourth-order valence-corrected chi connectivity index (χ4v) is 4.12. The summed E-state index contributed by atoms with van der Waals surface area (Å²) in [4.78, 5) is 23.5. The molecule has 4 aromatic rings. The van der Waals surface area contributed by atoms with Crippen molar-refractivity contribution < 1.29 is 38.7 Å². The quantitative estimate of drug-likeness (QED) is 0.171. The average Bonchev–Trinajstić information content (AvgIpc) is 2.97. The van der Waals surface area contributed by atoms with E-state index in [1.54, 1.807) is 36.4 Å². The van der Waals surface area contributed by atoms with Crippen LogP contribution in [0.1, 0.15) is 20.7 Å². The van der Waals surface area contributed by atoms with Crippen molar-refractivity contribution in [1.82, 2.24) is 0 Å². The molecule has 4 aromatic carbocycles. The number of aromatic carboxylic acids is 2. The highest BCUT2D eigenvalue weighted by atomic mass is 16.5. The van der Waals surface area contributed by atoms with Crippen LogP contribution < -0.4 is 29.6 Å². The van der Waals surface area contributed by atoms with Gasteiger partial charge in [0.1, 0.15) is 23.0 Å². The lowest BCUT2D eigenvalue weighted by Crippen LogP contribution is -2.04. The van der Waals surface area contributed by atoms with Gasteiger partial charge in [0.2, 0.25) is 0 Å². The van der Waals surface area contributed by atoms with Crippen LogP contribution in [0, 0.1) is 0 Å². The van der Waals surface area contributed by atoms with E-state index >= 15 is 0 Å². The highest BCUT2D eigenvalue weighted by Crippen LogP contribution is 2.38. The molecule has 0 fully saturated rings. The Morgan fingerprint density at radius 3 is 1.25 bits per heavy atom. The predicted octanol–water partition coefficient (Wildman–Crippen LogP) is 6.27. The lowest BCUT2D eigenvalue weighted by atomic mass is 10.0. The van der Waals surface area contributed by atoms with Gasteiger partial charge < -0.3 is 39.8 Å². The van der Waals surface area contributed by atoms with Crippen molar-refractivity contribution in [2.45, 2.75) is 0 Å². The molecule has 0 bridgehead atoms. The predicted molar refractivity (Wildman–Crippen MR) is 151 cm³/mol. The monoisotopic (exact) mass is 544 g/mol. The van der Waals surface area contributed by atoms with Crippen LogP contribution in [-0.4, -0.2) is 50.6 Å². The van der Waals surface area contributed by atoms with E-state index in [4.69, 9.17) is 18.9 Å². The third kappa shape index (κ3) is 5.86. The van der Waals surface area contributed by atoms with Crippen LogP contribution in [0.5, 0.6) is 23.0 Å². The standard InChI is InChI=1S/C30H28N2O8/c1-37-19-7-9-21(29(33)34)25(15-19)31-23-11-5-17(13-27(23)39-3)18-6-12-24(28(14-18)40-4)32-26-16-20(38-2)8-10-22(26)30(35)36/h5-16,31-32H,1-4H3,(H,33,34)(H,35,36). The molecule has 0 aromatic heterocycles. The molecule has 0 radical (unpaired) electrons. The summed E-state index contributed by atoms with van der Waals surface area (Å²) < 4.78 is 21.7. The summed E-state index contributed by atoms with van der Waals surface area (Å²) in [6.07, 6.45) is 0. The van der Waals surface area contributed by atoms with Gasteiger partial charge in [-0.25, -0.2) is 9.59 Å². The van der Waals surface area contributed by atoms with E-state index in [1.165, 1.54) is 40.6 Å². The molecule has 0 aliphatic carbocycles. The largest absolute Gasteiger partial charge is 0.497 e. The molecule has 10 heteroatoms. The van der Waals surface area contributed by atoms with Crippen LogP contribution in [0.25, 0.3) is 11.1 Å². The van der Waals surface area contributed by atoms with Gasteiger partial charge in [0.05, 0.1) is 62.3 Å². The Balaban J connectivity index is 1.66. The minimum atomic E-state index is -1.08. The molecule has 40 heavy (non-hydrogen) atoms. The number of hydrogen-bond acceptors (Lipinski definition) is 8. The summed E-state index contributed by atoms with van der Waals surface area (Å²) >= 11 is 0. The van der Waals surface area contributed by atoms with Crippen LogP contribution in [0.15, 0.2) is 72.8 Å². The van der Waals surface area contributed by atoms with Gasteiger partial charge in [-0.3, -0.25) is 0 Å². The Hall–Kier alpha value is -5.38. The lowest BCUT2D eigenvalue weighted by Gasteiger charge is -2.17. The second-order valence-corrected chi connectivity index (χ2v) is 8.51. The van der Waals surface area contributed by atoms with Gasteiger partial charge in [0.15, 0.2) is 0 Å². The highest BCUT2D eigenvalue weighted by molar-refractivity contribution is 5.97. The molecule has 0 saturated heterocycles. The molecule has 0 spiro atoms. The summed E-state index contributed by atoms with van der Waals surface area (Å²) in [7, 11) is 6.06. The van der Waals surface area contributed by atoms with E-state index in [0.29, 0.717) is 45.7 Å². The maximum atomic E-state index is 11.7. The number of methoxy groups -OCH3 is 4. The molecule has 4 N–H and O–H groups in total. The molecule has 4 rings (SSSR count). The van der Waals surface area contributed by atoms with Gasteiger partial charge in [-0.05, 0) is 59.7 Å². The van der Waals surface area contributed by atoms with Crippen molar-refractivity contribution in [3.05, 3.63) is 83.9 Å². The first-order valence-electron chi connectivity index (χ1n) is 12.0. The first-order chi connectivity index (χ1) is 19.3. The maximum Gasteiger partial charge on any atom is 0.337 e. The zero-order valence-electron chi connectivity index (χ0n) is 22.3. The molecule has 0 aliphatic rings. The number of hydrogen-bond donors (Lipinski definition) is 4. The van der Waals surface area contributed by atoms with E-state index in [9.17, 15) is 19.8 Å². The van der Waals surface area contributed by atoms with E-state index < -0.39 is 11.9 Å². The Kier molecular flexibility index (Phi) is 8.29. The lowest BCUT2D eigenvalue weighted by molar-refractivity contribution is 0.0687. The van der Waals surface area contributed by atoms with Crippen LogP contribution in [0.4, 0.5) is 22.7 Å². The van der Waals surface area contributed by atoms with Crippen LogP contribution in [0.3, 0.4) is 0 Å². The summed E-state index contributed by atoms with van der Waals surface area (Å²) in [6, 6.07) is 20.2. The normalized spacial score (nSPS) is 10.4. The zero-order valence-corrected chi connectivity index (χ0v) is 22.3. The van der Waals surface area contributed by atoms with Gasteiger partial charge in [0, 0.05) is 12.1 Å². The first-order valence-corrected chi connectivity index (χ1v) is 12.0. The van der Waals surface area contributed by atoms with E-state index in [1.807, 2.05) is 24.3 Å². The minimum absolute atomic E-state index is 0.0850. The number of benzene rings is 4. The van der Waals surface area contributed by atoms with Crippen LogP contribution in [-0.2, 0) is 0 Å². The van der Waals surface area contributed by atoms with Gasteiger partial charge in [-0.1, -0.05) is 12.1 Å². The number of anilines is 4. The first kappa shape index (κ1) is 27.6. The van der Waals surface area contributed by atoms with E-state index in [-0.39, 0.29) is 11.1 Å². The Morgan fingerprint density at radius 2 is 0.925 bits per heavy atom. The fraction of sp³-hybridized carbons (Fsp3) is 0.133. The average molecular weight is 545 g/mol. The molecule has 0 aliphatic heterocycles. The van der Waals surface area contributed by atoms with Gasteiger partial charge in [-0.2, -0.15) is 0 Å². The Morgan fingerprint density at radius 1 is 0.525 bits per heavy atom.